The molecule has 1 aliphatic rings. The second kappa shape index (κ2) is 9.23. The monoisotopic (exact) mass is 457 g/mol. The molecular formula is C20H22F3N3O4S. The van der Waals surface area contributed by atoms with E-state index in [0.717, 1.165) is 31.4 Å². The van der Waals surface area contributed by atoms with Gasteiger partial charge in [0.1, 0.15) is 5.75 Å². The average Bonchev–Trinajstić information content (AvgIpc) is 2.73. The van der Waals surface area contributed by atoms with E-state index in [1.165, 1.54) is 22.6 Å². The van der Waals surface area contributed by atoms with E-state index in [-0.39, 0.29) is 21.9 Å². The van der Waals surface area contributed by atoms with Gasteiger partial charge in [-0.2, -0.15) is 17.5 Å². The standard InChI is InChI=1S/C20H22F3N3O4S/c1-14-5-6-15(12-24-14)19(27)25-17-11-16(7-8-18(17)30-13-20(21,22)23)31(28,29)26-9-3-2-4-10-26/h5-8,11-12H,2-4,9-10,13H2,1H3,(H,25,27). The molecule has 11 heteroatoms. The first kappa shape index (κ1) is 23.0. The highest BCUT2D eigenvalue weighted by Crippen LogP contribution is 2.32. The van der Waals surface area contributed by atoms with Crippen LogP contribution in [0.15, 0.2) is 41.4 Å². The summed E-state index contributed by atoms with van der Waals surface area (Å²) in [5.41, 5.74) is 0.671. The number of nitrogens with one attached hydrogen (secondary N) is 1. The largest absolute Gasteiger partial charge is 0.482 e. The predicted molar refractivity (Wildman–Crippen MR) is 108 cm³/mol. The molecule has 1 N–H and O–H groups in total. The Morgan fingerprint density at radius 1 is 1.16 bits per heavy atom. The van der Waals surface area contributed by atoms with Gasteiger partial charge in [-0.15, -0.1) is 0 Å². The van der Waals surface area contributed by atoms with Crippen molar-refractivity contribution in [2.45, 2.75) is 37.3 Å². The van der Waals surface area contributed by atoms with Crippen molar-refractivity contribution < 1.29 is 31.1 Å². The van der Waals surface area contributed by atoms with Crippen molar-refractivity contribution in [1.29, 1.82) is 0 Å². The van der Waals surface area contributed by atoms with Crippen molar-refractivity contribution in [3.8, 4) is 5.75 Å². The summed E-state index contributed by atoms with van der Waals surface area (Å²) in [5.74, 6) is -0.944. The van der Waals surface area contributed by atoms with Crippen LogP contribution in [0.3, 0.4) is 0 Å². The van der Waals surface area contributed by atoms with Crippen LogP contribution in [0.1, 0.15) is 35.3 Å². The van der Waals surface area contributed by atoms with E-state index in [2.05, 4.69) is 10.3 Å². The fourth-order valence-electron chi connectivity index (χ4n) is 3.10. The van der Waals surface area contributed by atoms with Crippen molar-refractivity contribution in [3.63, 3.8) is 0 Å². The third-order valence-electron chi connectivity index (χ3n) is 4.72. The molecule has 0 bridgehead atoms. The zero-order valence-corrected chi connectivity index (χ0v) is 17.6. The molecule has 0 aliphatic carbocycles. The molecule has 1 saturated heterocycles. The van der Waals surface area contributed by atoms with Crippen LogP contribution in [0.4, 0.5) is 18.9 Å². The molecule has 0 saturated carbocycles. The van der Waals surface area contributed by atoms with Gasteiger partial charge in [0.2, 0.25) is 10.0 Å². The zero-order chi connectivity index (χ0) is 22.6. The molecule has 7 nitrogen and oxygen atoms in total. The Morgan fingerprint density at radius 3 is 2.48 bits per heavy atom. The van der Waals surface area contributed by atoms with Crippen molar-refractivity contribution >= 4 is 21.6 Å². The number of amides is 1. The number of pyridine rings is 1. The number of alkyl halides is 3. The molecule has 2 aromatic rings. The van der Waals surface area contributed by atoms with E-state index in [1.54, 1.807) is 13.0 Å². The molecule has 0 radical (unpaired) electrons. The summed E-state index contributed by atoms with van der Waals surface area (Å²) < 4.78 is 69.9. The minimum Gasteiger partial charge on any atom is -0.482 e. The summed E-state index contributed by atoms with van der Waals surface area (Å²) in [4.78, 5) is 16.4. The molecule has 1 aromatic heterocycles. The van der Waals surface area contributed by atoms with Crippen molar-refractivity contribution in [2.24, 2.45) is 0 Å². The Balaban J connectivity index is 1.92. The molecular weight excluding hydrogens is 435 g/mol. The number of aryl methyl sites for hydroxylation is 1. The first-order valence-electron chi connectivity index (χ1n) is 9.64. The highest BCUT2D eigenvalue weighted by Gasteiger charge is 2.30. The van der Waals surface area contributed by atoms with Crippen LogP contribution < -0.4 is 10.1 Å². The number of benzene rings is 1. The molecule has 1 aromatic carbocycles. The lowest BCUT2D eigenvalue weighted by molar-refractivity contribution is -0.153. The number of hydrogen-bond donors (Lipinski definition) is 1. The van der Waals surface area contributed by atoms with E-state index < -0.39 is 28.7 Å². The minimum absolute atomic E-state index is 0.133. The molecule has 31 heavy (non-hydrogen) atoms. The Hall–Kier alpha value is -2.66. The second-order valence-electron chi connectivity index (χ2n) is 7.17. The first-order chi connectivity index (χ1) is 14.6. The quantitative estimate of drug-likeness (QED) is 0.714. The predicted octanol–water partition coefficient (Wildman–Crippen LogP) is 3.76. The van der Waals surface area contributed by atoms with Crippen LogP contribution in [0, 0.1) is 6.92 Å². The summed E-state index contributed by atoms with van der Waals surface area (Å²) >= 11 is 0. The Labute approximate surface area is 178 Å². The SMILES string of the molecule is Cc1ccc(C(=O)Nc2cc(S(=O)(=O)N3CCCCC3)ccc2OCC(F)(F)F)cn1. The Bertz CT molecular complexity index is 1030. The highest BCUT2D eigenvalue weighted by atomic mass is 32.2. The van der Waals surface area contributed by atoms with Gasteiger partial charge < -0.3 is 10.1 Å². The molecule has 168 valence electrons. The number of carbonyl (C=O) groups is 1. The third-order valence-corrected chi connectivity index (χ3v) is 6.61. The Kier molecular flexibility index (Phi) is 6.85. The van der Waals surface area contributed by atoms with Crippen LogP contribution in [0.25, 0.3) is 0 Å². The van der Waals surface area contributed by atoms with Crippen molar-refractivity contribution in [3.05, 3.63) is 47.8 Å². The summed E-state index contributed by atoms with van der Waals surface area (Å²) in [5, 5.41) is 2.44. The fourth-order valence-corrected chi connectivity index (χ4v) is 4.65. The van der Waals surface area contributed by atoms with Gasteiger partial charge in [-0.3, -0.25) is 9.78 Å². The van der Waals surface area contributed by atoms with Gasteiger partial charge in [0.05, 0.1) is 16.1 Å². The fraction of sp³-hybridized carbons (Fsp3) is 0.400. The molecule has 3 rings (SSSR count). The van der Waals surface area contributed by atoms with Crippen LogP contribution in [-0.2, 0) is 10.0 Å². The number of carbonyl (C=O) groups excluding carboxylic acids is 1. The third kappa shape index (κ3) is 5.95. The minimum atomic E-state index is -4.60. The number of rotatable bonds is 6. The van der Waals surface area contributed by atoms with E-state index in [4.69, 9.17) is 4.74 Å². The van der Waals surface area contributed by atoms with E-state index in [1.807, 2.05) is 0 Å². The molecule has 0 unspecified atom stereocenters. The number of piperidine rings is 1. The van der Waals surface area contributed by atoms with Crippen LogP contribution in [-0.4, -0.2) is 49.5 Å². The van der Waals surface area contributed by atoms with Gasteiger partial charge in [0.25, 0.3) is 5.91 Å². The van der Waals surface area contributed by atoms with E-state index in [0.29, 0.717) is 18.8 Å². The molecule has 2 heterocycles. The lowest BCUT2D eigenvalue weighted by Crippen LogP contribution is -2.35. The summed E-state index contributed by atoms with van der Waals surface area (Å²) in [6, 6.07) is 6.52. The first-order valence-corrected chi connectivity index (χ1v) is 11.1. The number of sulfonamides is 1. The van der Waals surface area contributed by atoms with E-state index >= 15 is 0 Å². The number of anilines is 1. The summed E-state index contributed by atoms with van der Waals surface area (Å²) in [6.45, 7) is 0.886. The maximum atomic E-state index is 12.9. The molecule has 1 fully saturated rings. The van der Waals surface area contributed by atoms with Gasteiger partial charge >= 0.3 is 6.18 Å². The zero-order valence-electron chi connectivity index (χ0n) is 16.8. The lowest BCUT2D eigenvalue weighted by atomic mass is 10.2. The number of nitrogens with zero attached hydrogens (tertiary/aromatic N) is 2. The van der Waals surface area contributed by atoms with Gasteiger partial charge in [0, 0.05) is 25.0 Å². The van der Waals surface area contributed by atoms with Crippen molar-refractivity contribution in [1.82, 2.24) is 9.29 Å². The van der Waals surface area contributed by atoms with E-state index in [9.17, 15) is 26.4 Å². The lowest BCUT2D eigenvalue weighted by Gasteiger charge is -2.26. The molecule has 0 atom stereocenters. The van der Waals surface area contributed by atoms with Gasteiger partial charge in [-0.05, 0) is 50.1 Å². The number of hydrogen-bond acceptors (Lipinski definition) is 5. The maximum Gasteiger partial charge on any atom is 0.422 e. The normalized spacial score (nSPS) is 15.5. The number of ether oxygens (including phenoxy) is 1. The number of aromatic nitrogens is 1. The van der Waals surface area contributed by atoms with Crippen LogP contribution in [0.2, 0.25) is 0 Å². The molecule has 0 spiro atoms. The van der Waals surface area contributed by atoms with Crippen LogP contribution >= 0.6 is 0 Å². The Morgan fingerprint density at radius 2 is 1.87 bits per heavy atom. The average molecular weight is 457 g/mol. The second-order valence-corrected chi connectivity index (χ2v) is 9.11. The maximum absolute atomic E-state index is 12.9. The topological polar surface area (TPSA) is 88.6 Å². The number of halogens is 3. The van der Waals surface area contributed by atoms with Gasteiger partial charge in [0.15, 0.2) is 6.61 Å². The highest BCUT2D eigenvalue weighted by molar-refractivity contribution is 7.89. The van der Waals surface area contributed by atoms with Crippen LogP contribution in [0.5, 0.6) is 5.75 Å². The molecule has 1 amide bonds. The van der Waals surface area contributed by atoms with Gasteiger partial charge in [-0.1, -0.05) is 6.42 Å². The van der Waals surface area contributed by atoms with Crippen molar-refractivity contribution in [2.75, 3.05) is 25.0 Å². The molecule has 1 aliphatic heterocycles. The summed E-state index contributed by atoms with van der Waals surface area (Å²) in [7, 11) is -3.86. The smallest absolute Gasteiger partial charge is 0.422 e. The summed E-state index contributed by atoms with van der Waals surface area (Å²) in [6.07, 6.45) is -0.885. The van der Waals surface area contributed by atoms with Gasteiger partial charge in [-0.25, -0.2) is 8.42 Å².